The van der Waals surface area contributed by atoms with E-state index in [1.54, 1.807) is 24.3 Å². The van der Waals surface area contributed by atoms with Gasteiger partial charge in [0.05, 0.1) is 23.1 Å². The second-order valence-electron chi connectivity index (χ2n) is 6.43. The number of nitro benzene ring substituents is 1. The third-order valence-corrected chi connectivity index (χ3v) is 4.63. The van der Waals surface area contributed by atoms with Crippen LogP contribution in [-0.2, 0) is 9.59 Å². The van der Waals surface area contributed by atoms with Crippen molar-refractivity contribution in [2.24, 2.45) is 0 Å². The number of aryl methyl sites for hydroxylation is 1. The van der Waals surface area contributed by atoms with Gasteiger partial charge in [0.1, 0.15) is 5.76 Å². The van der Waals surface area contributed by atoms with Crippen molar-refractivity contribution in [3.63, 3.8) is 0 Å². The number of hydrogen-bond donors (Lipinski definition) is 2. The van der Waals surface area contributed by atoms with Crippen molar-refractivity contribution < 1.29 is 24.7 Å². The van der Waals surface area contributed by atoms with Gasteiger partial charge in [0.15, 0.2) is 0 Å². The number of nitro groups is 1. The van der Waals surface area contributed by atoms with Crippen LogP contribution in [0, 0.1) is 17.0 Å². The number of Topliss-reactive ketones (excluding diaryl/α,β-unsaturated/α-hetero) is 1. The van der Waals surface area contributed by atoms with Crippen molar-refractivity contribution >= 4 is 23.1 Å². The molecule has 0 bridgehead atoms. The molecule has 28 heavy (non-hydrogen) atoms. The molecule has 1 aliphatic rings. The van der Waals surface area contributed by atoms with Crippen molar-refractivity contribution in [1.29, 1.82) is 0 Å². The molecule has 0 unspecified atom stereocenters. The van der Waals surface area contributed by atoms with Gasteiger partial charge < -0.3 is 15.1 Å². The smallest absolute Gasteiger partial charge is 0.295 e. The molecule has 0 aromatic heterocycles. The molecule has 2 aromatic rings. The highest BCUT2D eigenvalue weighted by atomic mass is 16.6. The molecule has 2 N–H and O–H groups in total. The van der Waals surface area contributed by atoms with Gasteiger partial charge in [0, 0.05) is 24.2 Å². The van der Waals surface area contributed by atoms with E-state index in [-0.39, 0.29) is 30.2 Å². The van der Waals surface area contributed by atoms with Crippen LogP contribution >= 0.6 is 0 Å². The molecule has 0 spiro atoms. The zero-order valence-corrected chi connectivity index (χ0v) is 15.0. The lowest BCUT2D eigenvalue weighted by Crippen LogP contribution is -2.32. The minimum absolute atomic E-state index is 0.114. The number of benzene rings is 2. The van der Waals surface area contributed by atoms with Crippen molar-refractivity contribution in [3.8, 4) is 0 Å². The molecule has 8 heteroatoms. The molecule has 144 valence electrons. The highest BCUT2D eigenvalue weighted by molar-refractivity contribution is 6.46. The third kappa shape index (κ3) is 3.37. The van der Waals surface area contributed by atoms with Crippen LogP contribution in [0.1, 0.15) is 22.7 Å². The second kappa shape index (κ2) is 7.61. The molecule has 1 atom stereocenters. The highest BCUT2D eigenvalue weighted by Crippen LogP contribution is 2.39. The third-order valence-electron chi connectivity index (χ3n) is 4.63. The van der Waals surface area contributed by atoms with Crippen molar-refractivity contribution in [1.82, 2.24) is 4.90 Å². The molecule has 0 saturated carbocycles. The maximum atomic E-state index is 12.6. The normalized spacial score (nSPS) is 18.5. The average molecular weight is 382 g/mol. The Morgan fingerprint density at radius 3 is 2.25 bits per heavy atom. The first kappa shape index (κ1) is 19.2. The predicted molar refractivity (Wildman–Crippen MR) is 100 cm³/mol. The van der Waals surface area contributed by atoms with Gasteiger partial charge in [-0.05, 0) is 24.6 Å². The van der Waals surface area contributed by atoms with Gasteiger partial charge in [0.2, 0.25) is 0 Å². The van der Waals surface area contributed by atoms with Crippen LogP contribution in [-0.4, -0.2) is 44.9 Å². The molecule has 1 aliphatic heterocycles. The monoisotopic (exact) mass is 382 g/mol. The van der Waals surface area contributed by atoms with E-state index in [1.165, 1.54) is 24.3 Å². The Bertz CT molecular complexity index is 963. The Morgan fingerprint density at radius 2 is 1.71 bits per heavy atom. The number of rotatable bonds is 5. The van der Waals surface area contributed by atoms with E-state index in [0.717, 1.165) is 10.5 Å². The Kier molecular flexibility index (Phi) is 5.23. The van der Waals surface area contributed by atoms with E-state index in [2.05, 4.69) is 0 Å². The lowest BCUT2D eigenvalue weighted by molar-refractivity contribution is -0.384. The van der Waals surface area contributed by atoms with Gasteiger partial charge >= 0.3 is 0 Å². The standard InChI is InChI=1S/C20H18N2O6/c1-12-2-4-14(5-3-12)18(24)16-17(21(10-11-23)20(26)19(16)25)13-6-8-15(9-7-13)22(27)28/h2-9,17,23-24H,10-11H2,1H3/t17-/m1/s1. The lowest BCUT2D eigenvalue weighted by atomic mass is 9.95. The molecule has 1 fully saturated rings. The fourth-order valence-electron chi connectivity index (χ4n) is 3.21. The summed E-state index contributed by atoms with van der Waals surface area (Å²) in [7, 11) is 0. The molecule has 8 nitrogen and oxygen atoms in total. The zero-order valence-electron chi connectivity index (χ0n) is 15.0. The van der Waals surface area contributed by atoms with Gasteiger partial charge in [0.25, 0.3) is 17.4 Å². The van der Waals surface area contributed by atoms with Gasteiger partial charge in [-0.1, -0.05) is 29.8 Å². The number of amides is 1. The van der Waals surface area contributed by atoms with E-state index in [0.29, 0.717) is 11.1 Å². The fraction of sp³-hybridized carbons (Fsp3) is 0.200. The van der Waals surface area contributed by atoms with E-state index in [1.807, 2.05) is 6.92 Å². The van der Waals surface area contributed by atoms with Crippen molar-refractivity contribution in [2.75, 3.05) is 13.2 Å². The van der Waals surface area contributed by atoms with Gasteiger partial charge in [-0.25, -0.2) is 0 Å². The molecule has 1 amide bonds. The average Bonchev–Trinajstić information content (AvgIpc) is 2.93. The first-order valence-corrected chi connectivity index (χ1v) is 8.55. The molecule has 1 saturated heterocycles. The Morgan fingerprint density at radius 1 is 1.11 bits per heavy atom. The summed E-state index contributed by atoms with van der Waals surface area (Å²) < 4.78 is 0. The van der Waals surface area contributed by atoms with E-state index in [4.69, 9.17) is 0 Å². The molecular weight excluding hydrogens is 364 g/mol. The summed E-state index contributed by atoms with van der Waals surface area (Å²) in [6.07, 6.45) is 0. The highest BCUT2D eigenvalue weighted by Gasteiger charge is 2.45. The number of aliphatic hydroxyl groups is 2. The second-order valence-corrected chi connectivity index (χ2v) is 6.43. The van der Waals surface area contributed by atoms with Crippen LogP contribution in [0.25, 0.3) is 5.76 Å². The number of nitrogens with zero attached hydrogens (tertiary/aromatic N) is 2. The summed E-state index contributed by atoms with van der Waals surface area (Å²) in [5.74, 6) is -2.04. The molecule has 2 aromatic carbocycles. The van der Waals surface area contributed by atoms with Crippen LogP contribution in [0.5, 0.6) is 0 Å². The van der Waals surface area contributed by atoms with Gasteiger partial charge in [-0.15, -0.1) is 0 Å². The fourth-order valence-corrected chi connectivity index (χ4v) is 3.21. The summed E-state index contributed by atoms with van der Waals surface area (Å²) >= 11 is 0. The minimum Gasteiger partial charge on any atom is -0.507 e. The molecule has 1 heterocycles. The molecular formula is C20H18N2O6. The summed E-state index contributed by atoms with van der Waals surface area (Å²) in [5.41, 5.74) is 1.51. The number of likely N-dealkylation sites (tertiary alicyclic amines) is 1. The van der Waals surface area contributed by atoms with Gasteiger partial charge in [-0.3, -0.25) is 19.7 Å². The first-order valence-electron chi connectivity index (χ1n) is 8.55. The lowest BCUT2D eigenvalue weighted by Gasteiger charge is -2.24. The molecule has 0 aliphatic carbocycles. The number of non-ortho nitro benzene ring substituents is 1. The van der Waals surface area contributed by atoms with Crippen LogP contribution in [0.3, 0.4) is 0 Å². The van der Waals surface area contributed by atoms with Crippen LogP contribution in [0.2, 0.25) is 0 Å². The van der Waals surface area contributed by atoms with Crippen LogP contribution in [0.4, 0.5) is 5.69 Å². The van der Waals surface area contributed by atoms with Crippen molar-refractivity contribution in [3.05, 3.63) is 80.9 Å². The largest absolute Gasteiger partial charge is 0.507 e. The number of β-amino-alcohol motifs (C(OH)–C–C–N with tert-alkyl or cyclic N) is 1. The number of ketones is 1. The van der Waals surface area contributed by atoms with Crippen LogP contribution in [0.15, 0.2) is 54.1 Å². The predicted octanol–water partition coefficient (Wildman–Crippen LogP) is 2.32. The summed E-state index contributed by atoms with van der Waals surface area (Å²) in [5, 5.41) is 31.0. The minimum atomic E-state index is -0.950. The van der Waals surface area contributed by atoms with E-state index < -0.39 is 22.7 Å². The number of carbonyl (C=O) groups excluding carboxylic acids is 2. The Labute approximate surface area is 160 Å². The topological polar surface area (TPSA) is 121 Å². The summed E-state index contributed by atoms with van der Waals surface area (Å²) in [4.78, 5) is 36.6. The van der Waals surface area contributed by atoms with Crippen molar-refractivity contribution in [2.45, 2.75) is 13.0 Å². The summed E-state index contributed by atoms with van der Waals surface area (Å²) in [6.45, 7) is 1.39. The van der Waals surface area contributed by atoms with Crippen LogP contribution < -0.4 is 0 Å². The number of hydrogen-bond acceptors (Lipinski definition) is 6. The quantitative estimate of drug-likeness (QED) is 0.269. The molecule has 3 rings (SSSR count). The molecule has 0 radical (unpaired) electrons. The van der Waals surface area contributed by atoms with Gasteiger partial charge in [-0.2, -0.15) is 0 Å². The summed E-state index contributed by atoms with van der Waals surface area (Å²) in [6, 6.07) is 11.2. The Hall–Kier alpha value is -3.52. The SMILES string of the molecule is Cc1ccc(C(O)=C2C(=O)C(=O)N(CCO)[C@@H]2c2ccc([N+](=O)[O-])cc2)cc1. The Balaban J connectivity index is 2.15. The zero-order chi connectivity index (χ0) is 20.4. The number of aliphatic hydroxyl groups excluding tert-OH is 2. The van der Waals surface area contributed by atoms with E-state index >= 15 is 0 Å². The van der Waals surface area contributed by atoms with E-state index in [9.17, 15) is 29.9 Å². The first-order chi connectivity index (χ1) is 13.3. The maximum Gasteiger partial charge on any atom is 0.295 e. The maximum absolute atomic E-state index is 12.6. The number of carbonyl (C=O) groups is 2.